The van der Waals surface area contributed by atoms with Gasteiger partial charge < -0.3 is 15.2 Å². The zero-order valence-corrected chi connectivity index (χ0v) is 11.2. The first-order chi connectivity index (χ1) is 9.67. The van der Waals surface area contributed by atoms with Gasteiger partial charge in [-0.05, 0) is 23.8 Å². The number of nitrogens with two attached hydrogens (primary N) is 1. The van der Waals surface area contributed by atoms with Crippen LogP contribution in [0, 0.1) is 5.82 Å². The van der Waals surface area contributed by atoms with E-state index in [1.807, 2.05) is 24.3 Å². The highest BCUT2D eigenvalue weighted by molar-refractivity contribution is 5.40. The summed E-state index contributed by atoms with van der Waals surface area (Å²) >= 11 is 0. The van der Waals surface area contributed by atoms with E-state index >= 15 is 0 Å². The summed E-state index contributed by atoms with van der Waals surface area (Å²) in [5.74, 6) is 1.01. The molecule has 4 heteroatoms. The monoisotopic (exact) mass is 273 g/mol. The lowest BCUT2D eigenvalue weighted by Gasteiger charge is -2.30. The quantitative estimate of drug-likeness (QED) is 0.912. The number of hydrogen-bond acceptors (Lipinski definition) is 3. The van der Waals surface area contributed by atoms with E-state index in [0.29, 0.717) is 12.2 Å². The molecule has 0 spiro atoms. The Morgan fingerprint density at radius 1 is 1.20 bits per heavy atom. The van der Waals surface area contributed by atoms with Crippen molar-refractivity contribution in [3.63, 3.8) is 0 Å². The molecule has 1 aliphatic heterocycles. The number of ether oxygens (including phenoxy) is 2. The second-order valence-corrected chi connectivity index (χ2v) is 4.90. The number of benzene rings is 2. The van der Waals surface area contributed by atoms with Gasteiger partial charge in [-0.25, -0.2) is 4.39 Å². The van der Waals surface area contributed by atoms with Gasteiger partial charge >= 0.3 is 0 Å². The smallest absolute Gasteiger partial charge is 0.127 e. The van der Waals surface area contributed by atoms with Gasteiger partial charge in [-0.3, -0.25) is 0 Å². The SMILES string of the molecule is COc1ccc(C2CC(N)c3ccc(F)cc3O2)cc1. The van der Waals surface area contributed by atoms with Crippen LogP contribution in [0.1, 0.15) is 29.7 Å². The van der Waals surface area contributed by atoms with E-state index in [4.69, 9.17) is 15.2 Å². The average molecular weight is 273 g/mol. The van der Waals surface area contributed by atoms with Gasteiger partial charge in [0.05, 0.1) is 7.11 Å². The van der Waals surface area contributed by atoms with E-state index in [1.54, 1.807) is 13.2 Å². The molecule has 1 heterocycles. The fourth-order valence-corrected chi connectivity index (χ4v) is 2.50. The first kappa shape index (κ1) is 12.9. The molecule has 0 saturated carbocycles. The van der Waals surface area contributed by atoms with Crippen LogP contribution < -0.4 is 15.2 Å². The number of fused-ring (bicyclic) bond motifs is 1. The molecular formula is C16H16FNO2. The zero-order valence-electron chi connectivity index (χ0n) is 11.2. The summed E-state index contributed by atoms with van der Waals surface area (Å²) in [6, 6.07) is 12.0. The van der Waals surface area contributed by atoms with E-state index in [2.05, 4.69) is 0 Å². The first-order valence-electron chi connectivity index (χ1n) is 6.53. The molecule has 0 fully saturated rings. The normalized spacial score (nSPS) is 20.9. The van der Waals surface area contributed by atoms with Gasteiger partial charge in [0.15, 0.2) is 0 Å². The van der Waals surface area contributed by atoms with Crippen molar-refractivity contribution in [1.82, 2.24) is 0 Å². The van der Waals surface area contributed by atoms with E-state index in [0.717, 1.165) is 16.9 Å². The Labute approximate surface area is 117 Å². The van der Waals surface area contributed by atoms with Crippen LogP contribution in [0.2, 0.25) is 0 Å². The maximum absolute atomic E-state index is 13.3. The van der Waals surface area contributed by atoms with Crippen molar-refractivity contribution in [3.05, 3.63) is 59.4 Å². The van der Waals surface area contributed by atoms with Gasteiger partial charge in [0, 0.05) is 24.1 Å². The van der Waals surface area contributed by atoms with Gasteiger partial charge in [-0.15, -0.1) is 0 Å². The van der Waals surface area contributed by atoms with Crippen molar-refractivity contribution >= 4 is 0 Å². The Morgan fingerprint density at radius 2 is 1.95 bits per heavy atom. The summed E-state index contributed by atoms with van der Waals surface area (Å²) < 4.78 is 24.3. The molecule has 2 unspecified atom stereocenters. The number of hydrogen-bond donors (Lipinski definition) is 1. The minimum atomic E-state index is -0.314. The van der Waals surface area contributed by atoms with Crippen molar-refractivity contribution in [3.8, 4) is 11.5 Å². The molecule has 2 aromatic carbocycles. The highest BCUT2D eigenvalue weighted by atomic mass is 19.1. The molecule has 0 bridgehead atoms. The third kappa shape index (κ3) is 2.34. The van der Waals surface area contributed by atoms with Crippen LogP contribution in [0.25, 0.3) is 0 Å². The van der Waals surface area contributed by atoms with Gasteiger partial charge in [0.1, 0.15) is 23.4 Å². The highest BCUT2D eigenvalue weighted by Gasteiger charge is 2.27. The van der Waals surface area contributed by atoms with Crippen LogP contribution in [0.5, 0.6) is 11.5 Å². The lowest BCUT2D eigenvalue weighted by atomic mass is 9.93. The van der Waals surface area contributed by atoms with E-state index in [1.165, 1.54) is 12.1 Å². The third-order valence-corrected chi connectivity index (χ3v) is 3.60. The summed E-state index contributed by atoms with van der Waals surface area (Å²) in [4.78, 5) is 0. The van der Waals surface area contributed by atoms with E-state index in [-0.39, 0.29) is 18.0 Å². The molecular weight excluding hydrogens is 257 g/mol. The van der Waals surface area contributed by atoms with Gasteiger partial charge in [-0.2, -0.15) is 0 Å². The Hall–Kier alpha value is -2.07. The van der Waals surface area contributed by atoms with Crippen molar-refractivity contribution in [2.24, 2.45) is 5.73 Å². The lowest BCUT2D eigenvalue weighted by Crippen LogP contribution is -2.24. The molecule has 2 N–H and O–H groups in total. The second kappa shape index (κ2) is 5.13. The number of methoxy groups -OCH3 is 1. The molecule has 0 amide bonds. The Bertz CT molecular complexity index is 612. The second-order valence-electron chi connectivity index (χ2n) is 4.90. The maximum atomic E-state index is 13.3. The van der Waals surface area contributed by atoms with Crippen molar-refractivity contribution < 1.29 is 13.9 Å². The van der Waals surface area contributed by atoms with Crippen LogP contribution in [0.4, 0.5) is 4.39 Å². The molecule has 0 radical (unpaired) electrons. The van der Waals surface area contributed by atoms with Crippen LogP contribution in [0.15, 0.2) is 42.5 Å². The van der Waals surface area contributed by atoms with Crippen molar-refractivity contribution in [1.29, 1.82) is 0 Å². The molecule has 0 aliphatic carbocycles. The van der Waals surface area contributed by atoms with Gasteiger partial charge in [0.25, 0.3) is 0 Å². The Balaban J connectivity index is 1.89. The van der Waals surface area contributed by atoms with E-state index in [9.17, 15) is 4.39 Å². The Kier molecular flexibility index (Phi) is 3.32. The maximum Gasteiger partial charge on any atom is 0.127 e. The Morgan fingerprint density at radius 3 is 2.65 bits per heavy atom. The molecule has 3 rings (SSSR count). The summed E-state index contributed by atoms with van der Waals surface area (Å²) in [6.45, 7) is 0. The van der Waals surface area contributed by atoms with Gasteiger partial charge in [-0.1, -0.05) is 18.2 Å². The molecule has 2 aromatic rings. The largest absolute Gasteiger partial charge is 0.497 e. The number of rotatable bonds is 2. The fourth-order valence-electron chi connectivity index (χ4n) is 2.50. The predicted molar refractivity (Wildman–Crippen MR) is 74.3 cm³/mol. The van der Waals surface area contributed by atoms with Crippen molar-refractivity contribution in [2.45, 2.75) is 18.6 Å². The highest BCUT2D eigenvalue weighted by Crippen LogP contribution is 2.40. The minimum Gasteiger partial charge on any atom is -0.497 e. The fraction of sp³-hybridized carbons (Fsp3) is 0.250. The van der Waals surface area contributed by atoms with Crippen molar-refractivity contribution in [2.75, 3.05) is 7.11 Å². The third-order valence-electron chi connectivity index (χ3n) is 3.60. The predicted octanol–water partition coefficient (Wildman–Crippen LogP) is 3.36. The topological polar surface area (TPSA) is 44.5 Å². The van der Waals surface area contributed by atoms with Crippen LogP contribution in [-0.4, -0.2) is 7.11 Å². The molecule has 1 aliphatic rings. The molecule has 2 atom stereocenters. The van der Waals surface area contributed by atoms with Crippen LogP contribution in [-0.2, 0) is 0 Å². The summed E-state index contributed by atoms with van der Waals surface area (Å²) in [5, 5.41) is 0. The van der Waals surface area contributed by atoms with Crippen LogP contribution in [0.3, 0.4) is 0 Å². The van der Waals surface area contributed by atoms with E-state index < -0.39 is 0 Å². The first-order valence-corrected chi connectivity index (χ1v) is 6.53. The molecule has 104 valence electrons. The number of halogens is 1. The van der Waals surface area contributed by atoms with Crippen LogP contribution >= 0.6 is 0 Å². The van der Waals surface area contributed by atoms with Gasteiger partial charge in [0.2, 0.25) is 0 Å². The summed E-state index contributed by atoms with van der Waals surface area (Å²) in [5.41, 5.74) is 8.02. The summed E-state index contributed by atoms with van der Waals surface area (Å²) in [7, 11) is 1.63. The minimum absolute atomic E-state index is 0.147. The average Bonchev–Trinajstić information content (AvgIpc) is 2.46. The summed E-state index contributed by atoms with van der Waals surface area (Å²) in [6.07, 6.45) is 0.510. The zero-order chi connectivity index (χ0) is 14.1. The lowest BCUT2D eigenvalue weighted by molar-refractivity contribution is 0.160. The molecule has 0 aromatic heterocycles. The standard InChI is InChI=1S/C16H16FNO2/c1-19-12-5-2-10(3-6-12)15-9-14(18)13-7-4-11(17)8-16(13)20-15/h2-8,14-15H,9,18H2,1H3. The molecule has 20 heavy (non-hydrogen) atoms. The molecule has 3 nitrogen and oxygen atoms in total. The molecule has 0 saturated heterocycles.